The minimum atomic E-state index is -0.316. The van der Waals surface area contributed by atoms with Gasteiger partial charge in [-0.05, 0) is 32.0 Å². The molecule has 110 valence electrons. The van der Waals surface area contributed by atoms with Crippen molar-refractivity contribution in [2.45, 2.75) is 19.9 Å². The van der Waals surface area contributed by atoms with Crippen LogP contribution in [0.1, 0.15) is 34.5 Å². The molecule has 4 heteroatoms. The molecule has 2 aromatic carbocycles. The Balaban J connectivity index is 2.22. The quantitative estimate of drug-likeness (QED) is 0.907. The fraction of sp³-hybridized carbons (Fsp3) is 0.235. The zero-order valence-corrected chi connectivity index (χ0v) is 12.4. The second-order valence-corrected chi connectivity index (χ2v) is 4.96. The number of amides is 1. The van der Waals surface area contributed by atoms with E-state index in [1.165, 1.54) is 6.07 Å². The number of aromatic hydroxyl groups is 1. The molecule has 1 amide bonds. The van der Waals surface area contributed by atoms with E-state index >= 15 is 0 Å². The maximum absolute atomic E-state index is 12.2. The first-order valence-corrected chi connectivity index (χ1v) is 6.76. The Hall–Kier alpha value is -2.49. The van der Waals surface area contributed by atoms with Gasteiger partial charge in [0.25, 0.3) is 5.91 Å². The Kier molecular flexibility index (Phi) is 4.48. The molecule has 21 heavy (non-hydrogen) atoms. The summed E-state index contributed by atoms with van der Waals surface area (Å²) in [6, 6.07) is 12.1. The summed E-state index contributed by atoms with van der Waals surface area (Å²) in [5, 5.41) is 12.6. The van der Waals surface area contributed by atoms with Crippen LogP contribution in [0.15, 0.2) is 42.5 Å². The number of benzene rings is 2. The van der Waals surface area contributed by atoms with E-state index in [0.29, 0.717) is 0 Å². The van der Waals surface area contributed by atoms with E-state index < -0.39 is 0 Å². The fourth-order valence-electron chi connectivity index (χ4n) is 2.21. The van der Waals surface area contributed by atoms with Crippen LogP contribution >= 0.6 is 0 Å². The molecule has 2 aromatic rings. The van der Waals surface area contributed by atoms with Gasteiger partial charge in [0.1, 0.15) is 11.5 Å². The zero-order chi connectivity index (χ0) is 15.4. The van der Waals surface area contributed by atoms with Crippen molar-refractivity contribution < 1.29 is 14.6 Å². The number of hydrogen-bond donors (Lipinski definition) is 2. The van der Waals surface area contributed by atoms with Crippen LogP contribution in [-0.4, -0.2) is 18.1 Å². The molecule has 0 aliphatic heterocycles. The highest BCUT2D eigenvalue weighted by Gasteiger charge is 2.17. The number of hydrogen-bond acceptors (Lipinski definition) is 3. The van der Waals surface area contributed by atoms with Crippen molar-refractivity contribution >= 4 is 5.91 Å². The second kappa shape index (κ2) is 6.31. The van der Waals surface area contributed by atoms with E-state index in [4.69, 9.17) is 4.74 Å². The minimum Gasteiger partial charge on any atom is -0.507 e. The van der Waals surface area contributed by atoms with Gasteiger partial charge >= 0.3 is 0 Å². The third-order valence-corrected chi connectivity index (χ3v) is 3.35. The number of phenols is 1. The summed E-state index contributed by atoms with van der Waals surface area (Å²) in [5.41, 5.74) is 2.26. The van der Waals surface area contributed by atoms with Crippen molar-refractivity contribution in [2.75, 3.05) is 7.11 Å². The molecule has 0 saturated carbocycles. The molecule has 1 unspecified atom stereocenters. The molecule has 0 bridgehead atoms. The summed E-state index contributed by atoms with van der Waals surface area (Å²) in [6.07, 6.45) is 0. The van der Waals surface area contributed by atoms with Crippen molar-refractivity contribution in [3.05, 3.63) is 59.2 Å². The highest BCUT2D eigenvalue weighted by molar-refractivity contribution is 5.97. The summed E-state index contributed by atoms with van der Waals surface area (Å²) in [6.45, 7) is 3.87. The molecule has 0 radical (unpaired) electrons. The first-order valence-electron chi connectivity index (χ1n) is 6.76. The number of carbonyl (C=O) groups is 1. The van der Waals surface area contributed by atoms with E-state index in [1.807, 2.05) is 32.0 Å². The Labute approximate surface area is 124 Å². The lowest BCUT2D eigenvalue weighted by Crippen LogP contribution is -2.27. The Morgan fingerprint density at radius 2 is 1.95 bits per heavy atom. The number of ether oxygens (including phenoxy) is 1. The van der Waals surface area contributed by atoms with E-state index in [-0.39, 0.29) is 23.3 Å². The SMILES string of the molecule is COc1ccc(C)cc1C(C)NC(=O)c1ccccc1O. The molecule has 1 atom stereocenters. The van der Waals surface area contributed by atoms with Crippen LogP contribution in [0.5, 0.6) is 11.5 Å². The summed E-state index contributed by atoms with van der Waals surface area (Å²) < 4.78 is 5.33. The molecule has 2 N–H and O–H groups in total. The van der Waals surface area contributed by atoms with Gasteiger partial charge < -0.3 is 15.2 Å². The van der Waals surface area contributed by atoms with Crippen LogP contribution < -0.4 is 10.1 Å². The van der Waals surface area contributed by atoms with Crippen LogP contribution in [0.25, 0.3) is 0 Å². The first kappa shape index (κ1) is 14.9. The molecule has 4 nitrogen and oxygen atoms in total. The number of nitrogens with one attached hydrogen (secondary N) is 1. The number of carbonyl (C=O) groups excluding carboxylic acids is 1. The molecule has 2 rings (SSSR count). The van der Waals surface area contributed by atoms with Crippen LogP contribution in [0.2, 0.25) is 0 Å². The van der Waals surface area contributed by atoms with Crippen LogP contribution in [0.3, 0.4) is 0 Å². The number of rotatable bonds is 4. The largest absolute Gasteiger partial charge is 0.507 e. The van der Waals surface area contributed by atoms with E-state index in [9.17, 15) is 9.90 Å². The monoisotopic (exact) mass is 285 g/mol. The molecular formula is C17H19NO3. The highest BCUT2D eigenvalue weighted by Crippen LogP contribution is 2.26. The lowest BCUT2D eigenvalue weighted by molar-refractivity contribution is 0.0937. The minimum absolute atomic E-state index is 0.0293. The summed E-state index contributed by atoms with van der Waals surface area (Å²) in [7, 11) is 1.60. The summed E-state index contributed by atoms with van der Waals surface area (Å²) >= 11 is 0. The van der Waals surface area contributed by atoms with Crippen molar-refractivity contribution in [3.63, 3.8) is 0 Å². The van der Waals surface area contributed by atoms with E-state index in [2.05, 4.69) is 5.32 Å². The molecule has 0 aromatic heterocycles. The topological polar surface area (TPSA) is 58.6 Å². The standard InChI is InChI=1S/C17H19NO3/c1-11-8-9-16(21-3)14(10-11)12(2)18-17(20)13-6-4-5-7-15(13)19/h4-10,12,19H,1-3H3,(H,18,20). The van der Waals surface area contributed by atoms with Gasteiger partial charge in [-0.3, -0.25) is 4.79 Å². The lowest BCUT2D eigenvalue weighted by Gasteiger charge is -2.18. The van der Waals surface area contributed by atoms with Gasteiger partial charge in [0, 0.05) is 5.56 Å². The second-order valence-electron chi connectivity index (χ2n) is 4.96. The van der Waals surface area contributed by atoms with Crippen LogP contribution in [0, 0.1) is 6.92 Å². The summed E-state index contributed by atoms with van der Waals surface area (Å²) in [5.74, 6) is 0.383. The molecule has 0 fully saturated rings. The smallest absolute Gasteiger partial charge is 0.255 e. The normalized spacial score (nSPS) is 11.8. The maximum Gasteiger partial charge on any atom is 0.255 e. The average Bonchev–Trinajstić information content (AvgIpc) is 2.47. The number of para-hydroxylation sites is 1. The molecule has 0 aliphatic carbocycles. The molecule has 0 heterocycles. The number of phenolic OH excluding ortho intramolecular Hbond substituents is 1. The van der Waals surface area contributed by atoms with Crippen LogP contribution in [0.4, 0.5) is 0 Å². The zero-order valence-electron chi connectivity index (χ0n) is 12.4. The number of aryl methyl sites for hydroxylation is 1. The molecule has 0 spiro atoms. The van der Waals surface area contributed by atoms with E-state index in [1.54, 1.807) is 25.3 Å². The predicted octanol–water partition coefficient (Wildman–Crippen LogP) is 3.20. The molecule has 0 aliphatic rings. The lowest BCUT2D eigenvalue weighted by atomic mass is 10.0. The van der Waals surface area contributed by atoms with Gasteiger partial charge in [0.05, 0.1) is 18.7 Å². The van der Waals surface area contributed by atoms with Gasteiger partial charge in [0.2, 0.25) is 0 Å². The third-order valence-electron chi connectivity index (χ3n) is 3.35. The predicted molar refractivity (Wildman–Crippen MR) is 81.7 cm³/mol. The molecule has 0 saturated heterocycles. The number of methoxy groups -OCH3 is 1. The molecular weight excluding hydrogens is 266 g/mol. The highest BCUT2D eigenvalue weighted by atomic mass is 16.5. The van der Waals surface area contributed by atoms with Crippen molar-refractivity contribution in [1.82, 2.24) is 5.32 Å². The van der Waals surface area contributed by atoms with Crippen molar-refractivity contribution in [1.29, 1.82) is 0 Å². The van der Waals surface area contributed by atoms with Crippen LogP contribution in [-0.2, 0) is 0 Å². The summed E-state index contributed by atoms with van der Waals surface area (Å²) in [4.78, 5) is 12.2. The average molecular weight is 285 g/mol. The van der Waals surface area contributed by atoms with Gasteiger partial charge in [-0.2, -0.15) is 0 Å². The fourth-order valence-corrected chi connectivity index (χ4v) is 2.21. The van der Waals surface area contributed by atoms with Gasteiger partial charge in [-0.25, -0.2) is 0 Å². The van der Waals surface area contributed by atoms with Crippen molar-refractivity contribution in [3.8, 4) is 11.5 Å². The van der Waals surface area contributed by atoms with E-state index in [0.717, 1.165) is 16.9 Å². The maximum atomic E-state index is 12.2. The van der Waals surface area contributed by atoms with Gasteiger partial charge in [-0.1, -0.05) is 29.8 Å². The Morgan fingerprint density at radius 1 is 1.24 bits per heavy atom. The Bertz CT molecular complexity index is 652. The van der Waals surface area contributed by atoms with Crippen molar-refractivity contribution in [2.24, 2.45) is 0 Å². The Morgan fingerprint density at radius 3 is 2.62 bits per heavy atom. The first-order chi connectivity index (χ1) is 10.0. The van der Waals surface area contributed by atoms with Gasteiger partial charge in [0.15, 0.2) is 0 Å². The third kappa shape index (κ3) is 3.34. The van der Waals surface area contributed by atoms with Gasteiger partial charge in [-0.15, -0.1) is 0 Å².